The minimum absolute atomic E-state index is 0.397. The first kappa shape index (κ1) is 16.7. The van der Waals surface area contributed by atoms with Gasteiger partial charge in [-0.3, -0.25) is 4.90 Å². The third-order valence-corrected chi connectivity index (χ3v) is 5.72. The summed E-state index contributed by atoms with van der Waals surface area (Å²) in [5.41, 5.74) is 3.17. The van der Waals surface area contributed by atoms with Gasteiger partial charge in [-0.1, -0.05) is 13.8 Å². The molecule has 7 nitrogen and oxygen atoms in total. The Morgan fingerprint density at radius 2 is 1.76 bits per heavy atom. The lowest BCUT2D eigenvalue weighted by molar-refractivity contribution is 0.0982. The maximum Gasteiger partial charge on any atom is 0.200 e. The number of rotatable bonds is 3. The van der Waals surface area contributed by atoms with Crippen LogP contribution in [0.3, 0.4) is 0 Å². The Kier molecular flexibility index (Phi) is 4.60. The first-order valence-electron chi connectivity index (χ1n) is 9.50. The zero-order valence-corrected chi connectivity index (χ0v) is 15.6. The molecule has 2 aromatic rings. The number of fused-ring (bicyclic) bond motifs is 1. The van der Waals surface area contributed by atoms with Gasteiger partial charge in [0.1, 0.15) is 6.33 Å². The molecule has 2 aliphatic rings. The molecule has 0 aromatic carbocycles. The van der Waals surface area contributed by atoms with E-state index in [-0.39, 0.29) is 0 Å². The molecule has 0 N–H and O–H groups in total. The van der Waals surface area contributed by atoms with E-state index >= 15 is 0 Å². The van der Waals surface area contributed by atoms with Crippen molar-refractivity contribution >= 4 is 11.3 Å². The molecule has 4 rings (SSSR count). The van der Waals surface area contributed by atoms with Crippen molar-refractivity contribution in [2.24, 2.45) is 0 Å². The molecule has 2 saturated heterocycles. The fourth-order valence-corrected chi connectivity index (χ4v) is 4.00. The molecule has 0 unspecified atom stereocenters. The average Bonchev–Trinajstić information content (AvgIpc) is 3.10. The van der Waals surface area contributed by atoms with Gasteiger partial charge >= 0.3 is 0 Å². The van der Waals surface area contributed by atoms with Gasteiger partial charge < -0.3 is 9.80 Å². The second-order valence-electron chi connectivity index (χ2n) is 7.77. The number of likely N-dealkylation sites (N-methyl/N-ethyl adjacent to an activating group) is 1. The Morgan fingerprint density at radius 3 is 2.44 bits per heavy atom. The zero-order valence-electron chi connectivity index (χ0n) is 15.6. The standard InChI is InChI=1S/C18H29N7/c1-14(2)16-12-17(18-20-19-13-25(18)21-16)24-6-4-15(5-7-24)23-10-8-22(3)9-11-23/h12-15H,4-11H2,1-3H3. The van der Waals surface area contributed by atoms with Crippen LogP contribution in [0.2, 0.25) is 0 Å². The normalized spacial score (nSPS) is 21.5. The Bertz CT molecular complexity index is 709. The van der Waals surface area contributed by atoms with Crippen LogP contribution in [-0.4, -0.2) is 82.0 Å². The van der Waals surface area contributed by atoms with Gasteiger partial charge in [0.25, 0.3) is 0 Å². The van der Waals surface area contributed by atoms with Gasteiger partial charge in [0, 0.05) is 45.3 Å². The van der Waals surface area contributed by atoms with E-state index < -0.39 is 0 Å². The third kappa shape index (κ3) is 3.35. The second-order valence-corrected chi connectivity index (χ2v) is 7.77. The number of nitrogens with zero attached hydrogens (tertiary/aromatic N) is 7. The molecule has 0 aliphatic carbocycles. The SMILES string of the molecule is CC(C)c1cc(N2CCC(N3CCN(C)CC3)CC2)c2nncn2n1. The number of aromatic nitrogens is 4. The van der Waals surface area contributed by atoms with Gasteiger partial charge in [0.05, 0.1) is 11.4 Å². The molecule has 25 heavy (non-hydrogen) atoms. The quantitative estimate of drug-likeness (QED) is 0.841. The molecule has 2 aromatic heterocycles. The van der Waals surface area contributed by atoms with Crippen LogP contribution in [0.15, 0.2) is 12.4 Å². The van der Waals surface area contributed by atoms with Crippen molar-refractivity contribution in [3.8, 4) is 0 Å². The van der Waals surface area contributed by atoms with E-state index in [0.29, 0.717) is 5.92 Å². The molecule has 2 fully saturated rings. The van der Waals surface area contributed by atoms with Gasteiger partial charge in [0.15, 0.2) is 0 Å². The van der Waals surface area contributed by atoms with Crippen molar-refractivity contribution in [2.75, 3.05) is 51.2 Å². The van der Waals surface area contributed by atoms with Crippen LogP contribution in [0.1, 0.15) is 38.3 Å². The summed E-state index contributed by atoms with van der Waals surface area (Å²) in [5, 5.41) is 13.0. The largest absolute Gasteiger partial charge is 0.368 e. The number of piperidine rings is 1. The van der Waals surface area contributed by atoms with Crippen LogP contribution in [0.25, 0.3) is 5.65 Å². The van der Waals surface area contributed by atoms with Crippen molar-refractivity contribution in [1.29, 1.82) is 0 Å². The predicted octanol–water partition coefficient (Wildman–Crippen LogP) is 1.46. The molecule has 0 radical (unpaired) electrons. The summed E-state index contributed by atoms with van der Waals surface area (Å²) < 4.78 is 1.83. The van der Waals surface area contributed by atoms with Crippen LogP contribution in [0.5, 0.6) is 0 Å². The van der Waals surface area contributed by atoms with Crippen molar-refractivity contribution in [3.63, 3.8) is 0 Å². The topological polar surface area (TPSA) is 52.8 Å². The molecular formula is C18H29N7. The lowest BCUT2D eigenvalue weighted by Crippen LogP contribution is -2.52. The van der Waals surface area contributed by atoms with E-state index in [4.69, 9.17) is 0 Å². The summed E-state index contributed by atoms with van der Waals surface area (Å²) in [6, 6.07) is 2.94. The van der Waals surface area contributed by atoms with E-state index in [9.17, 15) is 0 Å². The Balaban J connectivity index is 1.49. The van der Waals surface area contributed by atoms with Gasteiger partial charge in [-0.05, 0) is 31.9 Å². The fraction of sp³-hybridized carbons (Fsp3) is 0.722. The smallest absolute Gasteiger partial charge is 0.200 e. The molecule has 0 atom stereocenters. The highest BCUT2D eigenvalue weighted by molar-refractivity contribution is 5.68. The van der Waals surface area contributed by atoms with Crippen LogP contribution in [0.4, 0.5) is 5.69 Å². The second kappa shape index (κ2) is 6.88. The minimum atomic E-state index is 0.397. The van der Waals surface area contributed by atoms with Crippen molar-refractivity contribution in [2.45, 2.75) is 38.6 Å². The van der Waals surface area contributed by atoms with Gasteiger partial charge in [-0.2, -0.15) is 9.61 Å². The molecule has 0 bridgehead atoms. The van der Waals surface area contributed by atoms with Crippen LogP contribution in [0, 0.1) is 0 Å². The molecule has 0 saturated carbocycles. The fourth-order valence-electron chi connectivity index (χ4n) is 4.00. The highest BCUT2D eigenvalue weighted by Gasteiger charge is 2.28. The molecule has 2 aliphatic heterocycles. The first-order valence-corrected chi connectivity index (χ1v) is 9.50. The van der Waals surface area contributed by atoms with Crippen LogP contribution < -0.4 is 4.90 Å². The summed E-state index contributed by atoms with van der Waals surface area (Å²) >= 11 is 0. The van der Waals surface area contributed by atoms with Crippen molar-refractivity contribution in [1.82, 2.24) is 29.6 Å². The molecular weight excluding hydrogens is 314 g/mol. The monoisotopic (exact) mass is 343 g/mol. The summed E-state index contributed by atoms with van der Waals surface area (Å²) in [4.78, 5) is 7.60. The van der Waals surface area contributed by atoms with Crippen molar-refractivity contribution < 1.29 is 0 Å². The first-order chi connectivity index (χ1) is 12.1. The summed E-state index contributed by atoms with van der Waals surface area (Å²) in [7, 11) is 2.22. The minimum Gasteiger partial charge on any atom is -0.368 e. The summed E-state index contributed by atoms with van der Waals surface area (Å²) in [6.45, 7) is 11.3. The van der Waals surface area contributed by atoms with E-state index in [0.717, 1.165) is 30.5 Å². The molecule has 7 heteroatoms. The Hall–Kier alpha value is -1.73. The number of anilines is 1. The lowest BCUT2D eigenvalue weighted by atomic mass is 10.0. The maximum absolute atomic E-state index is 4.64. The molecule has 4 heterocycles. The number of hydrogen-bond acceptors (Lipinski definition) is 6. The van der Waals surface area contributed by atoms with E-state index in [1.165, 1.54) is 44.7 Å². The van der Waals surface area contributed by atoms with E-state index in [1.54, 1.807) is 6.33 Å². The Morgan fingerprint density at radius 1 is 1.04 bits per heavy atom. The lowest BCUT2D eigenvalue weighted by Gasteiger charge is -2.42. The van der Waals surface area contributed by atoms with Gasteiger partial charge in [-0.25, -0.2) is 0 Å². The third-order valence-electron chi connectivity index (χ3n) is 5.72. The number of piperazine rings is 1. The average molecular weight is 343 g/mol. The summed E-state index contributed by atoms with van der Waals surface area (Å²) in [5.74, 6) is 0.397. The van der Waals surface area contributed by atoms with E-state index in [2.05, 4.69) is 57.0 Å². The Labute approximate surface area is 149 Å². The summed E-state index contributed by atoms with van der Waals surface area (Å²) in [6.07, 6.45) is 4.16. The van der Waals surface area contributed by atoms with Crippen LogP contribution in [-0.2, 0) is 0 Å². The number of hydrogen-bond donors (Lipinski definition) is 0. The van der Waals surface area contributed by atoms with E-state index in [1.807, 2.05) is 4.52 Å². The molecule has 0 spiro atoms. The zero-order chi connectivity index (χ0) is 17.4. The molecule has 136 valence electrons. The highest BCUT2D eigenvalue weighted by Crippen LogP contribution is 2.28. The predicted molar refractivity (Wildman–Crippen MR) is 99.2 cm³/mol. The van der Waals surface area contributed by atoms with Gasteiger partial charge in [0.2, 0.25) is 5.65 Å². The molecule has 0 amide bonds. The van der Waals surface area contributed by atoms with Crippen LogP contribution >= 0.6 is 0 Å². The van der Waals surface area contributed by atoms with Gasteiger partial charge in [-0.15, -0.1) is 10.2 Å². The highest BCUT2D eigenvalue weighted by atomic mass is 15.4. The van der Waals surface area contributed by atoms with Crippen molar-refractivity contribution in [3.05, 3.63) is 18.1 Å². The maximum atomic E-state index is 4.64.